The van der Waals surface area contributed by atoms with Crippen molar-refractivity contribution in [1.29, 1.82) is 0 Å². The van der Waals surface area contributed by atoms with Crippen LogP contribution in [0.2, 0.25) is 0 Å². The number of urea groups is 1. The molecule has 0 unspecified atom stereocenters. The molecule has 9 heteroatoms. The van der Waals surface area contributed by atoms with E-state index in [1.165, 1.54) is 4.90 Å². The zero-order valence-electron chi connectivity index (χ0n) is 21.2. The number of rotatable bonds is 9. The monoisotopic (exact) mass is 526 g/mol. The number of hydrogen-bond acceptors (Lipinski definition) is 5. The van der Waals surface area contributed by atoms with E-state index >= 15 is 0 Å². The molecule has 2 heterocycles. The first-order valence-electron chi connectivity index (χ1n) is 12.8. The Hall–Kier alpha value is -3.10. The van der Waals surface area contributed by atoms with Crippen LogP contribution in [0, 0.1) is 5.92 Å². The minimum absolute atomic E-state index is 0. The molecule has 1 spiro atoms. The lowest BCUT2D eigenvalue weighted by Crippen LogP contribution is -2.55. The molecule has 2 aliphatic heterocycles. The maximum absolute atomic E-state index is 13.3. The Bertz CT molecular complexity index is 1100. The fraction of sp³-hybridized carbons (Fsp3) is 0.464. The van der Waals surface area contributed by atoms with E-state index in [0.29, 0.717) is 12.8 Å². The average molecular weight is 527 g/mol. The molecule has 2 saturated heterocycles. The minimum Gasteiger partial charge on any atom is -0.497 e. The van der Waals surface area contributed by atoms with Gasteiger partial charge in [-0.3, -0.25) is 14.5 Å². The third kappa shape index (κ3) is 6.08. The molecule has 1 aliphatic carbocycles. The fourth-order valence-electron chi connectivity index (χ4n) is 5.18. The van der Waals surface area contributed by atoms with Crippen molar-refractivity contribution in [3.8, 4) is 5.75 Å². The first-order chi connectivity index (χ1) is 17.5. The van der Waals surface area contributed by atoms with E-state index < -0.39 is 5.54 Å². The van der Waals surface area contributed by atoms with Crippen LogP contribution in [0.25, 0.3) is 0 Å². The molecule has 8 nitrogen and oxygen atoms in total. The predicted molar refractivity (Wildman–Crippen MR) is 142 cm³/mol. The third-order valence-electron chi connectivity index (χ3n) is 7.66. The van der Waals surface area contributed by atoms with Gasteiger partial charge in [-0.1, -0.05) is 42.5 Å². The van der Waals surface area contributed by atoms with Gasteiger partial charge in [-0.05, 0) is 55.4 Å². The van der Waals surface area contributed by atoms with Crippen LogP contribution in [0.3, 0.4) is 0 Å². The Labute approximate surface area is 224 Å². The van der Waals surface area contributed by atoms with Crippen molar-refractivity contribution in [3.63, 3.8) is 0 Å². The number of carbonyl (C=O) groups is 3. The standard InChI is InChI=1S/C28H34N4O4.ClH/c1-36-23-11-7-20(8-12-23)19-32-26(34)28(30-27(32)35)14-17-31(18-15-28)16-13-24(21-5-3-2-4-6-21)29-25(33)22-9-10-22;/h2-8,11-12,22,24H,9-10,13-19H2,1H3,(H,29,33)(H,30,35);1H/t24-;/m0./s1. The van der Waals surface area contributed by atoms with Gasteiger partial charge in [0.25, 0.3) is 5.91 Å². The van der Waals surface area contributed by atoms with Gasteiger partial charge in [-0.15, -0.1) is 12.4 Å². The second kappa shape index (κ2) is 11.5. The van der Waals surface area contributed by atoms with Crippen LogP contribution in [0.1, 0.15) is 49.3 Å². The molecule has 0 bridgehead atoms. The van der Waals surface area contributed by atoms with E-state index in [9.17, 15) is 14.4 Å². The number of methoxy groups -OCH3 is 1. The lowest BCUT2D eigenvalue weighted by molar-refractivity contribution is -0.133. The highest BCUT2D eigenvalue weighted by Gasteiger charge is 2.52. The zero-order chi connectivity index (χ0) is 25.1. The van der Waals surface area contributed by atoms with E-state index in [0.717, 1.165) is 55.8 Å². The molecule has 0 radical (unpaired) electrons. The van der Waals surface area contributed by atoms with E-state index in [1.807, 2.05) is 42.5 Å². The van der Waals surface area contributed by atoms with Gasteiger partial charge >= 0.3 is 6.03 Å². The van der Waals surface area contributed by atoms with Crippen LogP contribution in [-0.2, 0) is 16.1 Å². The smallest absolute Gasteiger partial charge is 0.325 e. The van der Waals surface area contributed by atoms with Crippen molar-refractivity contribution in [1.82, 2.24) is 20.4 Å². The number of benzene rings is 2. The highest BCUT2D eigenvalue weighted by Crippen LogP contribution is 2.32. The number of carbonyl (C=O) groups excluding carboxylic acids is 3. The van der Waals surface area contributed by atoms with Gasteiger partial charge in [0.15, 0.2) is 0 Å². The van der Waals surface area contributed by atoms with Gasteiger partial charge in [0.2, 0.25) is 5.91 Å². The number of imide groups is 1. The Morgan fingerprint density at radius 2 is 1.76 bits per heavy atom. The number of likely N-dealkylation sites (tertiary alicyclic amines) is 1. The van der Waals surface area contributed by atoms with Crippen LogP contribution in [-0.4, -0.2) is 59.9 Å². The molecule has 1 saturated carbocycles. The van der Waals surface area contributed by atoms with E-state index in [-0.39, 0.29) is 48.8 Å². The second-order valence-corrected chi connectivity index (χ2v) is 10.1. The summed E-state index contributed by atoms with van der Waals surface area (Å²) in [5.74, 6) is 0.921. The summed E-state index contributed by atoms with van der Waals surface area (Å²) in [6.45, 7) is 2.51. The molecule has 0 aromatic heterocycles. The average Bonchev–Trinajstić information content (AvgIpc) is 3.74. The first kappa shape index (κ1) is 26.9. The van der Waals surface area contributed by atoms with Crippen molar-refractivity contribution < 1.29 is 19.1 Å². The Morgan fingerprint density at radius 1 is 1.08 bits per heavy atom. The van der Waals surface area contributed by atoms with Crippen LogP contribution >= 0.6 is 12.4 Å². The van der Waals surface area contributed by atoms with Gasteiger partial charge in [0.1, 0.15) is 11.3 Å². The van der Waals surface area contributed by atoms with Crippen LogP contribution in [0.5, 0.6) is 5.75 Å². The predicted octanol–water partition coefficient (Wildman–Crippen LogP) is 3.66. The quantitative estimate of drug-likeness (QED) is 0.487. The largest absolute Gasteiger partial charge is 0.497 e. The number of nitrogens with one attached hydrogen (secondary N) is 2. The Balaban J connectivity index is 0.00000320. The number of nitrogens with zero attached hydrogens (tertiary/aromatic N) is 2. The van der Waals surface area contributed by atoms with Crippen molar-refractivity contribution in [2.24, 2.45) is 5.92 Å². The normalized spacial score (nSPS) is 19.8. The summed E-state index contributed by atoms with van der Waals surface area (Å²) in [5, 5.41) is 6.24. The molecule has 37 heavy (non-hydrogen) atoms. The highest BCUT2D eigenvalue weighted by molar-refractivity contribution is 6.07. The van der Waals surface area contributed by atoms with Crippen LogP contribution < -0.4 is 15.4 Å². The molecule has 3 fully saturated rings. The Morgan fingerprint density at radius 3 is 2.38 bits per heavy atom. The topological polar surface area (TPSA) is 91.0 Å². The summed E-state index contributed by atoms with van der Waals surface area (Å²) in [7, 11) is 1.61. The highest BCUT2D eigenvalue weighted by atomic mass is 35.5. The summed E-state index contributed by atoms with van der Waals surface area (Å²) in [4.78, 5) is 42.2. The van der Waals surface area contributed by atoms with Gasteiger partial charge in [0.05, 0.1) is 19.7 Å². The summed E-state index contributed by atoms with van der Waals surface area (Å²) in [6, 6.07) is 17.2. The molecule has 2 aromatic carbocycles. The minimum atomic E-state index is -0.820. The molecule has 5 rings (SSSR count). The maximum atomic E-state index is 13.3. The maximum Gasteiger partial charge on any atom is 0.325 e. The molecule has 3 aliphatic rings. The SMILES string of the molecule is COc1ccc(CN2C(=O)NC3(CCN(CC[C@H](NC(=O)C4CC4)c4ccccc4)CC3)C2=O)cc1.Cl. The number of hydrogen-bond donors (Lipinski definition) is 2. The number of piperidine rings is 1. The van der Waals surface area contributed by atoms with Gasteiger partial charge in [0, 0.05) is 25.6 Å². The Kier molecular flexibility index (Phi) is 8.39. The van der Waals surface area contributed by atoms with Crippen molar-refractivity contribution in [3.05, 3.63) is 65.7 Å². The summed E-state index contributed by atoms with van der Waals surface area (Å²) in [6.07, 6.45) is 3.94. The lowest BCUT2D eigenvalue weighted by Gasteiger charge is -2.37. The summed E-state index contributed by atoms with van der Waals surface area (Å²) < 4.78 is 5.19. The molecule has 2 N–H and O–H groups in total. The molecule has 1 atom stereocenters. The molecular weight excluding hydrogens is 492 g/mol. The van der Waals surface area contributed by atoms with E-state index in [4.69, 9.17) is 4.74 Å². The van der Waals surface area contributed by atoms with Crippen molar-refractivity contribution >= 4 is 30.3 Å². The number of amides is 4. The zero-order valence-corrected chi connectivity index (χ0v) is 22.0. The third-order valence-corrected chi connectivity index (χ3v) is 7.66. The van der Waals surface area contributed by atoms with Crippen LogP contribution in [0.4, 0.5) is 4.79 Å². The van der Waals surface area contributed by atoms with Crippen LogP contribution in [0.15, 0.2) is 54.6 Å². The summed E-state index contributed by atoms with van der Waals surface area (Å²) >= 11 is 0. The fourth-order valence-corrected chi connectivity index (χ4v) is 5.18. The van der Waals surface area contributed by atoms with Crippen molar-refractivity contribution in [2.45, 2.75) is 50.2 Å². The van der Waals surface area contributed by atoms with E-state index in [1.54, 1.807) is 7.11 Å². The number of ether oxygens (including phenoxy) is 1. The molecule has 4 amide bonds. The summed E-state index contributed by atoms with van der Waals surface area (Å²) in [5.41, 5.74) is 1.18. The van der Waals surface area contributed by atoms with E-state index in [2.05, 4.69) is 27.7 Å². The van der Waals surface area contributed by atoms with Gasteiger partial charge in [-0.2, -0.15) is 0 Å². The van der Waals surface area contributed by atoms with Gasteiger partial charge < -0.3 is 20.3 Å². The molecule has 198 valence electrons. The van der Waals surface area contributed by atoms with Crippen molar-refractivity contribution in [2.75, 3.05) is 26.7 Å². The molecule has 2 aromatic rings. The number of halogens is 1. The van der Waals surface area contributed by atoms with Gasteiger partial charge in [-0.25, -0.2) is 4.79 Å². The first-order valence-corrected chi connectivity index (χ1v) is 12.8. The lowest BCUT2D eigenvalue weighted by atomic mass is 9.87. The second-order valence-electron chi connectivity index (χ2n) is 10.1. The molecular formula is C28H35ClN4O4.